The van der Waals surface area contributed by atoms with Crippen molar-refractivity contribution in [1.29, 1.82) is 0 Å². The Labute approximate surface area is 117 Å². The number of carboxylic acids is 1. The molecular formula is C12H14ClNO4S. The zero-order chi connectivity index (χ0) is 14.3. The van der Waals surface area contributed by atoms with E-state index in [9.17, 15) is 13.2 Å². The average molecular weight is 304 g/mol. The Bertz CT molecular complexity index is 552. The van der Waals surface area contributed by atoms with Gasteiger partial charge in [0.1, 0.15) is 0 Å². The maximum atomic E-state index is 11.5. The van der Waals surface area contributed by atoms with E-state index in [1.165, 1.54) is 6.08 Å². The predicted octanol–water partition coefficient (Wildman–Crippen LogP) is 2.09. The highest BCUT2D eigenvalue weighted by molar-refractivity contribution is 7.92. The Morgan fingerprint density at radius 1 is 1.32 bits per heavy atom. The monoisotopic (exact) mass is 303 g/mol. The molecule has 0 aliphatic heterocycles. The third kappa shape index (κ3) is 6.95. The molecule has 0 bridgehead atoms. The average Bonchev–Trinajstić information content (AvgIpc) is 2.34. The summed E-state index contributed by atoms with van der Waals surface area (Å²) in [5, 5.41) is 10.0. The lowest BCUT2D eigenvalue weighted by Gasteiger charge is -2.01. The minimum atomic E-state index is -3.54. The Morgan fingerprint density at radius 3 is 2.53 bits per heavy atom. The van der Waals surface area contributed by atoms with Crippen molar-refractivity contribution in [3.8, 4) is 0 Å². The van der Waals surface area contributed by atoms with Crippen LogP contribution in [-0.4, -0.2) is 26.0 Å². The van der Waals surface area contributed by atoms with Gasteiger partial charge in [-0.25, -0.2) is 13.1 Å². The summed E-state index contributed by atoms with van der Waals surface area (Å²) in [5.74, 6) is -0.948. The molecule has 19 heavy (non-hydrogen) atoms. The highest BCUT2D eigenvalue weighted by Crippen LogP contribution is 2.11. The third-order valence-electron chi connectivity index (χ3n) is 2.18. The van der Waals surface area contributed by atoms with E-state index in [-0.39, 0.29) is 19.4 Å². The van der Waals surface area contributed by atoms with E-state index in [4.69, 9.17) is 16.7 Å². The second kappa shape index (κ2) is 7.28. The van der Waals surface area contributed by atoms with Gasteiger partial charge in [-0.2, -0.15) is 0 Å². The molecule has 104 valence electrons. The van der Waals surface area contributed by atoms with Gasteiger partial charge in [-0.15, -0.1) is 0 Å². The predicted molar refractivity (Wildman–Crippen MR) is 74.3 cm³/mol. The first-order valence-corrected chi connectivity index (χ1v) is 7.46. The number of sulfonamides is 1. The summed E-state index contributed by atoms with van der Waals surface area (Å²) in [4.78, 5) is 10.3. The number of carbonyl (C=O) groups is 1. The molecule has 0 heterocycles. The molecule has 0 saturated heterocycles. The van der Waals surface area contributed by atoms with Crippen molar-refractivity contribution in [1.82, 2.24) is 4.72 Å². The van der Waals surface area contributed by atoms with Gasteiger partial charge in [-0.3, -0.25) is 4.79 Å². The molecule has 1 aromatic rings. The summed E-state index contributed by atoms with van der Waals surface area (Å²) in [6.07, 6.45) is 1.63. The van der Waals surface area contributed by atoms with Crippen molar-refractivity contribution in [2.45, 2.75) is 12.8 Å². The van der Waals surface area contributed by atoms with Crippen LogP contribution in [0.15, 0.2) is 29.7 Å². The van der Waals surface area contributed by atoms with E-state index >= 15 is 0 Å². The topological polar surface area (TPSA) is 83.5 Å². The van der Waals surface area contributed by atoms with Gasteiger partial charge in [0, 0.05) is 23.4 Å². The second-order valence-electron chi connectivity index (χ2n) is 3.79. The fraction of sp³-hybridized carbons (Fsp3) is 0.250. The van der Waals surface area contributed by atoms with Gasteiger partial charge in [0.05, 0.1) is 0 Å². The third-order valence-corrected chi connectivity index (χ3v) is 3.53. The van der Waals surface area contributed by atoms with E-state index in [1.807, 2.05) is 0 Å². The standard InChI is InChI=1S/C12H14ClNO4S/c13-11-5-3-10(4-6-11)7-9-19(17,18)14-8-1-2-12(15)16/h3-7,9,14H,1-2,8H2,(H,15,16)/b9-7+. The van der Waals surface area contributed by atoms with Crippen LogP contribution in [0.4, 0.5) is 0 Å². The molecule has 7 heteroatoms. The van der Waals surface area contributed by atoms with Crippen molar-refractivity contribution in [2.75, 3.05) is 6.54 Å². The highest BCUT2D eigenvalue weighted by atomic mass is 35.5. The van der Waals surface area contributed by atoms with Crippen molar-refractivity contribution in [3.05, 3.63) is 40.3 Å². The fourth-order valence-electron chi connectivity index (χ4n) is 1.24. The Morgan fingerprint density at radius 2 is 1.95 bits per heavy atom. The smallest absolute Gasteiger partial charge is 0.303 e. The van der Waals surface area contributed by atoms with Gasteiger partial charge in [-0.05, 0) is 30.2 Å². The zero-order valence-corrected chi connectivity index (χ0v) is 11.6. The molecule has 0 radical (unpaired) electrons. The molecular weight excluding hydrogens is 290 g/mol. The van der Waals surface area contributed by atoms with Crippen LogP contribution in [0.25, 0.3) is 6.08 Å². The number of aliphatic carboxylic acids is 1. The lowest BCUT2D eigenvalue weighted by atomic mass is 10.2. The molecule has 0 amide bonds. The first-order valence-electron chi connectivity index (χ1n) is 5.54. The van der Waals surface area contributed by atoms with Crippen molar-refractivity contribution < 1.29 is 18.3 Å². The number of nitrogens with one attached hydrogen (secondary N) is 1. The van der Waals surface area contributed by atoms with Crippen molar-refractivity contribution in [2.24, 2.45) is 0 Å². The maximum Gasteiger partial charge on any atom is 0.303 e. The van der Waals surface area contributed by atoms with Crippen molar-refractivity contribution >= 4 is 33.7 Å². The van der Waals surface area contributed by atoms with Crippen LogP contribution < -0.4 is 4.72 Å². The zero-order valence-electron chi connectivity index (χ0n) is 10.0. The highest BCUT2D eigenvalue weighted by Gasteiger charge is 2.04. The van der Waals surface area contributed by atoms with E-state index < -0.39 is 16.0 Å². The number of hydrogen-bond acceptors (Lipinski definition) is 3. The summed E-state index contributed by atoms with van der Waals surface area (Å²) in [5.41, 5.74) is 0.709. The van der Waals surface area contributed by atoms with Crippen molar-refractivity contribution in [3.63, 3.8) is 0 Å². The summed E-state index contributed by atoms with van der Waals surface area (Å²) in [7, 11) is -3.54. The fourth-order valence-corrected chi connectivity index (χ4v) is 2.23. The van der Waals surface area contributed by atoms with Gasteiger partial charge in [0.15, 0.2) is 0 Å². The molecule has 0 saturated carbocycles. The Balaban J connectivity index is 2.49. The van der Waals surface area contributed by atoms with E-state index in [1.54, 1.807) is 24.3 Å². The molecule has 0 aliphatic carbocycles. The van der Waals surface area contributed by atoms with E-state index in [0.717, 1.165) is 5.41 Å². The molecule has 1 rings (SSSR count). The van der Waals surface area contributed by atoms with Gasteiger partial charge in [-0.1, -0.05) is 23.7 Å². The SMILES string of the molecule is O=C(O)CCCNS(=O)(=O)/C=C/c1ccc(Cl)cc1. The molecule has 0 aromatic heterocycles. The Hall–Kier alpha value is -1.37. The minimum Gasteiger partial charge on any atom is -0.481 e. The van der Waals surface area contributed by atoms with Gasteiger partial charge in [0.2, 0.25) is 10.0 Å². The molecule has 0 atom stereocenters. The molecule has 1 aromatic carbocycles. The second-order valence-corrected chi connectivity index (χ2v) is 5.88. The van der Waals surface area contributed by atoms with Crippen LogP contribution in [0.2, 0.25) is 5.02 Å². The lowest BCUT2D eigenvalue weighted by molar-refractivity contribution is -0.137. The van der Waals surface area contributed by atoms with E-state index in [0.29, 0.717) is 10.6 Å². The first-order chi connectivity index (χ1) is 8.89. The largest absolute Gasteiger partial charge is 0.481 e. The van der Waals surface area contributed by atoms with Gasteiger partial charge in [0.25, 0.3) is 0 Å². The minimum absolute atomic E-state index is 0.0661. The number of hydrogen-bond donors (Lipinski definition) is 2. The normalized spacial score (nSPS) is 11.8. The number of rotatable bonds is 7. The summed E-state index contributed by atoms with van der Waals surface area (Å²) in [6.45, 7) is 0.0968. The van der Waals surface area contributed by atoms with Gasteiger partial charge >= 0.3 is 5.97 Å². The summed E-state index contributed by atoms with van der Waals surface area (Å²) >= 11 is 5.71. The molecule has 2 N–H and O–H groups in total. The summed E-state index contributed by atoms with van der Waals surface area (Å²) in [6, 6.07) is 6.71. The van der Waals surface area contributed by atoms with Crippen LogP contribution in [0.5, 0.6) is 0 Å². The number of halogens is 1. The lowest BCUT2D eigenvalue weighted by Crippen LogP contribution is -2.22. The van der Waals surface area contributed by atoms with Gasteiger partial charge < -0.3 is 5.11 Å². The number of benzene rings is 1. The van der Waals surface area contributed by atoms with Crippen LogP contribution in [-0.2, 0) is 14.8 Å². The van der Waals surface area contributed by atoms with Crippen LogP contribution in [0, 0.1) is 0 Å². The number of carboxylic acid groups (broad SMARTS) is 1. The summed E-state index contributed by atoms with van der Waals surface area (Å²) < 4.78 is 25.4. The Kier molecular flexibility index (Phi) is 6.01. The maximum absolute atomic E-state index is 11.5. The molecule has 0 aliphatic rings. The molecule has 0 spiro atoms. The molecule has 0 unspecified atom stereocenters. The van der Waals surface area contributed by atoms with Crippen LogP contribution >= 0.6 is 11.6 Å². The van der Waals surface area contributed by atoms with Crippen LogP contribution in [0.3, 0.4) is 0 Å². The molecule has 5 nitrogen and oxygen atoms in total. The van der Waals surface area contributed by atoms with E-state index in [2.05, 4.69) is 4.72 Å². The quantitative estimate of drug-likeness (QED) is 0.756. The van der Waals surface area contributed by atoms with Crippen LogP contribution in [0.1, 0.15) is 18.4 Å². The first kappa shape index (κ1) is 15.7. The molecule has 0 fully saturated rings.